The average Bonchev–Trinajstić information content (AvgIpc) is 2.87. The van der Waals surface area contributed by atoms with Gasteiger partial charge >= 0.3 is 132 Å². The zero-order valence-electron chi connectivity index (χ0n) is 24.0. The quantitative estimate of drug-likeness (QED) is 0.0646. The molecule has 1 saturated heterocycles. The van der Waals surface area contributed by atoms with Crippen LogP contribution in [0.3, 0.4) is 0 Å². The van der Waals surface area contributed by atoms with Crippen molar-refractivity contribution in [1.82, 2.24) is 5.32 Å². The minimum absolute atomic E-state index is 0. The van der Waals surface area contributed by atoms with E-state index in [4.69, 9.17) is 50.6 Å². The van der Waals surface area contributed by atoms with Crippen molar-refractivity contribution in [3.63, 3.8) is 0 Å². The van der Waals surface area contributed by atoms with E-state index in [1.807, 2.05) is 48.5 Å². The van der Waals surface area contributed by atoms with Crippen molar-refractivity contribution in [3.05, 3.63) is 69.7 Å². The van der Waals surface area contributed by atoms with Gasteiger partial charge in [-0.05, 0) is 61.1 Å². The Hall–Kier alpha value is 3.29. The molecule has 0 saturated carbocycles. The van der Waals surface area contributed by atoms with Crippen LogP contribution in [-0.4, -0.2) is 42.5 Å². The van der Waals surface area contributed by atoms with Crippen molar-refractivity contribution in [2.24, 2.45) is 5.73 Å². The molecule has 7 nitrogen and oxygen atoms in total. The molecular formula is C25H32Cl4IK2N2NaO5. The normalized spacial score (nSPS) is 13.6. The molecule has 1 heterocycles. The Morgan fingerprint density at radius 2 is 1.57 bits per heavy atom. The maximum Gasteiger partial charge on any atom is 1.00 e. The van der Waals surface area contributed by atoms with E-state index in [1.54, 1.807) is 0 Å². The molecule has 0 aliphatic carbocycles. The van der Waals surface area contributed by atoms with Gasteiger partial charge in [-0.1, -0.05) is 47.5 Å². The molecule has 2 aromatic rings. The molecule has 0 amide bonds. The number of halogens is 5. The molecule has 2 unspecified atom stereocenters. The average molecular weight is 810 g/mol. The van der Waals surface area contributed by atoms with Crippen molar-refractivity contribution < 1.29 is 182 Å². The fourth-order valence-corrected chi connectivity index (χ4v) is 3.69. The topological polar surface area (TPSA) is 122 Å². The summed E-state index contributed by atoms with van der Waals surface area (Å²) in [5.41, 5.74) is 8.32. The molecule has 0 bridgehead atoms. The summed E-state index contributed by atoms with van der Waals surface area (Å²) in [6.45, 7) is 0.345. The molecule has 1 fully saturated rings. The molecule has 40 heavy (non-hydrogen) atoms. The molecule has 210 valence electrons. The van der Waals surface area contributed by atoms with Gasteiger partial charge in [0.05, 0.1) is 12.4 Å². The number of carbonyl (C=O) groups is 3. The molecule has 0 radical (unpaired) electrons. The number of nitrogens with two attached hydrogens (primary N) is 1. The minimum Gasteiger partial charge on any atom is -1.00 e. The van der Waals surface area contributed by atoms with Crippen LogP contribution in [0.2, 0.25) is 10.0 Å². The second kappa shape index (κ2) is 33.7. The Balaban J connectivity index is -0.000000117. The third-order valence-electron chi connectivity index (χ3n) is 5.15. The third kappa shape index (κ3) is 27.6. The number of nitrogens with one attached hydrogen (secondary N) is 1. The summed E-state index contributed by atoms with van der Waals surface area (Å²) in [6.07, 6.45) is 4.52. The summed E-state index contributed by atoms with van der Waals surface area (Å²) in [5.74, 6) is 0.448. The largest absolute Gasteiger partial charge is 1.00 e. The summed E-state index contributed by atoms with van der Waals surface area (Å²) in [5, 5.41) is 13.2. The summed E-state index contributed by atoms with van der Waals surface area (Å²) in [7, 11) is 0. The van der Waals surface area contributed by atoms with Crippen molar-refractivity contribution in [2.75, 3.05) is 12.4 Å². The zero-order valence-corrected chi connectivity index (χ0v) is 36.5. The number of hydrogen-bond donors (Lipinski definition) is 2. The fourth-order valence-electron chi connectivity index (χ4n) is 3.30. The van der Waals surface area contributed by atoms with E-state index in [9.17, 15) is 9.59 Å². The Labute approximate surface area is 383 Å². The van der Waals surface area contributed by atoms with Crippen LogP contribution in [0.15, 0.2) is 48.5 Å². The van der Waals surface area contributed by atoms with E-state index in [1.165, 1.54) is 5.56 Å². The van der Waals surface area contributed by atoms with E-state index in [0.29, 0.717) is 37.6 Å². The van der Waals surface area contributed by atoms with Gasteiger partial charge in [-0.25, -0.2) is 0 Å². The number of rotatable bonds is 9. The maximum atomic E-state index is 11.0. The Bertz CT molecular complexity index is 920. The number of alkyl halides is 1. The molecule has 2 atom stereocenters. The molecule has 3 rings (SSSR count). The first-order chi connectivity index (χ1) is 16.8. The van der Waals surface area contributed by atoms with Crippen LogP contribution in [0.25, 0.3) is 0 Å². The maximum absolute atomic E-state index is 11.0. The van der Waals surface area contributed by atoms with Crippen LogP contribution in [0, 0.1) is 0 Å². The van der Waals surface area contributed by atoms with Crippen molar-refractivity contribution in [2.45, 2.75) is 50.6 Å². The number of piperidine rings is 1. The number of carbonyl (C=O) groups excluding carboxylic acids is 3. The van der Waals surface area contributed by atoms with E-state index in [0.717, 1.165) is 34.9 Å². The van der Waals surface area contributed by atoms with Crippen LogP contribution in [0.1, 0.15) is 38.2 Å². The predicted octanol–water partition coefficient (Wildman–Crippen LogP) is -8.01. The Morgan fingerprint density at radius 1 is 1.10 bits per heavy atom. The zero-order chi connectivity index (χ0) is 26.1. The molecular weight excluding hydrogens is 778 g/mol. The predicted molar refractivity (Wildman–Crippen MR) is 145 cm³/mol. The van der Waals surface area contributed by atoms with Crippen molar-refractivity contribution >= 4 is 65.2 Å². The summed E-state index contributed by atoms with van der Waals surface area (Å²) in [6, 6.07) is 15.9. The van der Waals surface area contributed by atoms with Gasteiger partial charge in [-0.3, -0.25) is 14.4 Å². The second-order valence-electron chi connectivity index (χ2n) is 7.98. The van der Waals surface area contributed by atoms with Crippen LogP contribution in [-0.2, 0) is 32.1 Å². The van der Waals surface area contributed by atoms with Gasteiger partial charge in [0, 0.05) is 35.0 Å². The van der Waals surface area contributed by atoms with Gasteiger partial charge in [-0.2, -0.15) is 0 Å². The first-order valence-corrected chi connectivity index (χ1v) is 12.4. The number of hydrogen-bond acceptors (Lipinski definition) is 7. The Morgan fingerprint density at radius 3 is 1.98 bits per heavy atom. The van der Waals surface area contributed by atoms with Crippen LogP contribution < -0.4 is 173 Å². The Kier molecular flexibility index (Phi) is 44.4. The van der Waals surface area contributed by atoms with Gasteiger partial charge in [0.15, 0.2) is 0 Å². The fraction of sp³-hybridized carbons (Fsp3) is 0.400. The minimum atomic E-state index is -0.181. The van der Waals surface area contributed by atoms with E-state index in [-0.39, 0.29) is 194 Å². The standard InChI is InChI=1S/C12H15Cl2NO.C12H14ClNO.CH2O3.ClH.HI.2K.Na.H/c13-8-12(16)6-5-11(15)7-9-1-3-10(14)4-2-9;13-10-3-1-9(2-4-10)7-11-5-6-12(15)8-14-11;2-1-4-3;;;;;;/h1-4,11H,5-8,15H2;1-4,11,14H,5-8H2;1,3H;2*1H;;;;/q;;;;;3*+1;-1/p-2. The molecule has 1 aliphatic rings. The van der Waals surface area contributed by atoms with Crippen molar-refractivity contribution in [1.29, 1.82) is 0 Å². The monoisotopic (exact) mass is 808 g/mol. The van der Waals surface area contributed by atoms with Gasteiger partial charge in [0.1, 0.15) is 11.6 Å². The summed E-state index contributed by atoms with van der Waals surface area (Å²) < 4.78 is 0. The van der Waals surface area contributed by atoms with Gasteiger partial charge in [-0.15, -0.1) is 24.0 Å². The van der Waals surface area contributed by atoms with Gasteiger partial charge in [0.25, 0.3) is 6.47 Å². The molecule has 0 aromatic heterocycles. The third-order valence-corrected chi connectivity index (χ3v) is 5.95. The van der Waals surface area contributed by atoms with E-state index < -0.39 is 0 Å². The van der Waals surface area contributed by atoms with Crippen LogP contribution in [0.4, 0.5) is 0 Å². The second-order valence-corrected chi connectivity index (χ2v) is 9.12. The first kappa shape index (κ1) is 52.8. The summed E-state index contributed by atoms with van der Waals surface area (Å²) in [4.78, 5) is 33.3. The number of ketones is 2. The van der Waals surface area contributed by atoms with E-state index >= 15 is 0 Å². The van der Waals surface area contributed by atoms with Crippen LogP contribution >= 0.6 is 47.2 Å². The van der Waals surface area contributed by atoms with Crippen LogP contribution in [0.5, 0.6) is 0 Å². The molecule has 1 aliphatic heterocycles. The van der Waals surface area contributed by atoms with Gasteiger partial charge < -0.3 is 46.6 Å². The van der Waals surface area contributed by atoms with E-state index in [2.05, 4.69) is 10.2 Å². The molecule has 3 N–H and O–H groups in total. The molecule has 0 spiro atoms. The number of Topliss-reactive ketones (excluding diaryl/α,β-unsaturated/α-hetero) is 2. The SMILES string of the molecule is Cl.NC(CCC(=O)CCl)Cc1ccc(Cl)cc1.O=C1CCC(Cc2ccc(Cl)cc2)NC1.O=CO[O-].[H-].[I-].[K+].[K+].[Na+]. The molecule has 15 heteroatoms. The first-order valence-electron chi connectivity index (χ1n) is 11.1. The van der Waals surface area contributed by atoms with Crippen molar-refractivity contribution in [3.8, 4) is 0 Å². The molecule has 2 aromatic carbocycles. The smallest absolute Gasteiger partial charge is 1.00 e. The van der Waals surface area contributed by atoms with Gasteiger partial charge in [0.2, 0.25) is 0 Å². The number of benzene rings is 2. The summed E-state index contributed by atoms with van der Waals surface area (Å²) >= 11 is 17.0.